The molecule has 0 N–H and O–H groups in total. The number of benzene rings is 8. The molecule has 0 spiro atoms. The van der Waals surface area contributed by atoms with E-state index >= 15 is 0 Å². The maximum Gasteiger partial charge on any atom is 0.179 e. The molecule has 0 aliphatic heterocycles. The second-order valence-electron chi connectivity index (χ2n) is 15.5. The number of fused-ring (bicyclic) bond motifs is 6. The summed E-state index contributed by atoms with van der Waals surface area (Å²) in [6.45, 7) is 4.41. The number of amidine groups is 2. The van der Waals surface area contributed by atoms with Gasteiger partial charge in [0.2, 0.25) is 0 Å². The summed E-state index contributed by atoms with van der Waals surface area (Å²) >= 11 is 0. The van der Waals surface area contributed by atoms with Gasteiger partial charge in [0.15, 0.2) is 11.7 Å². The number of hydrogen-bond acceptors (Lipinski definition) is 2. The summed E-state index contributed by atoms with van der Waals surface area (Å²) in [5.74, 6) is 0.974. The highest BCUT2D eigenvalue weighted by molar-refractivity contribution is 6.17. The molecule has 0 amide bonds. The van der Waals surface area contributed by atoms with Crippen molar-refractivity contribution in [2.24, 2.45) is 15.0 Å². The van der Waals surface area contributed by atoms with E-state index in [9.17, 15) is 0 Å². The second-order valence-corrected chi connectivity index (χ2v) is 15.5. The lowest BCUT2D eigenvalue weighted by molar-refractivity contribution is 1.06. The lowest BCUT2D eigenvalue weighted by Crippen LogP contribution is -2.07. The average molecular weight is 809 g/mol. The van der Waals surface area contributed by atoms with Crippen LogP contribution in [0.15, 0.2) is 233 Å². The molecule has 0 bridgehead atoms. The van der Waals surface area contributed by atoms with Gasteiger partial charge in [0.05, 0.1) is 28.6 Å². The maximum atomic E-state index is 4.99. The zero-order valence-electron chi connectivity index (χ0n) is 34.4. The molecule has 8 aromatic carbocycles. The Kier molecular flexibility index (Phi) is 9.63. The van der Waals surface area contributed by atoms with Gasteiger partial charge in [0.1, 0.15) is 5.69 Å². The number of para-hydroxylation sites is 3. The third-order valence-electron chi connectivity index (χ3n) is 11.8. The molecule has 6 nitrogen and oxygen atoms in total. The molecule has 0 aliphatic rings. The number of aliphatic imine (C=N–C) groups is 3. The second kappa shape index (κ2) is 16.2. The third kappa shape index (κ3) is 6.90. The molecule has 11 aromatic rings. The van der Waals surface area contributed by atoms with E-state index in [1.165, 1.54) is 27.4 Å². The fraction of sp³-hybridized carbons (Fsp3) is 0.0175. The Labute approximate surface area is 365 Å². The Morgan fingerprint density at radius 1 is 0.460 bits per heavy atom. The largest absolute Gasteiger partial charge is 0.309 e. The van der Waals surface area contributed by atoms with Crippen molar-refractivity contribution in [2.75, 3.05) is 0 Å². The SMILES string of the molecule is C=N/C(=N\C(=N/Cc1ccccc1)c1ccccc1)c1cc(-c2cccc3c2c2ccccc2n3-c2cccc(-c3ccc4c(c3)c3ccccc3n4-c3ccccc3)c2)ccn1. The Morgan fingerprint density at radius 2 is 1.08 bits per heavy atom. The van der Waals surface area contributed by atoms with Gasteiger partial charge in [0, 0.05) is 44.7 Å². The van der Waals surface area contributed by atoms with Crippen LogP contribution in [0.2, 0.25) is 0 Å². The first-order valence-electron chi connectivity index (χ1n) is 21.1. The van der Waals surface area contributed by atoms with Gasteiger partial charge < -0.3 is 9.13 Å². The van der Waals surface area contributed by atoms with Crippen molar-refractivity contribution < 1.29 is 0 Å². The van der Waals surface area contributed by atoms with Crippen LogP contribution in [0.1, 0.15) is 16.8 Å². The van der Waals surface area contributed by atoms with E-state index in [1.807, 2.05) is 54.7 Å². The van der Waals surface area contributed by atoms with Gasteiger partial charge in [0.25, 0.3) is 0 Å². The van der Waals surface area contributed by atoms with E-state index in [-0.39, 0.29) is 0 Å². The quantitative estimate of drug-likeness (QED) is 0.111. The molecular formula is C57H40N6. The first kappa shape index (κ1) is 37.5. The normalized spacial score (nSPS) is 12.1. The molecule has 63 heavy (non-hydrogen) atoms. The molecule has 11 rings (SSSR count). The molecule has 3 aromatic heterocycles. The Balaban J connectivity index is 1.00. The van der Waals surface area contributed by atoms with Gasteiger partial charge >= 0.3 is 0 Å². The molecule has 0 atom stereocenters. The van der Waals surface area contributed by atoms with Gasteiger partial charge in [-0.1, -0.05) is 146 Å². The molecule has 0 radical (unpaired) electrons. The predicted molar refractivity (Wildman–Crippen MR) is 263 cm³/mol. The van der Waals surface area contributed by atoms with Crippen LogP contribution in [-0.4, -0.2) is 32.5 Å². The van der Waals surface area contributed by atoms with Gasteiger partial charge in [-0.05, 0) is 101 Å². The summed E-state index contributed by atoms with van der Waals surface area (Å²) in [6, 6.07) is 74.5. The average Bonchev–Trinajstić information content (AvgIpc) is 3.88. The summed E-state index contributed by atoms with van der Waals surface area (Å²) in [6.07, 6.45) is 1.82. The molecule has 0 saturated carbocycles. The monoisotopic (exact) mass is 808 g/mol. The fourth-order valence-electron chi connectivity index (χ4n) is 8.89. The van der Waals surface area contributed by atoms with Crippen LogP contribution in [0.5, 0.6) is 0 Å². The van der Waals surface area contributed by atoms with Crippen molar-refractivity contribution in [1.82, 2.24) is 14.1 Å². The van der Waals surface area contributed by atoms with E-state index in [0.717, 1.165) is 61.0 Å². The van der Waals surface area contributed by atoms with Crippen molar-refractivity contribution in [3.05, 3.63) is 235 Å². The summed E-state index contributed by atoms with van der Waals surface area (Å²) in [5.41, 5.74) is 13.9. The lowest BCUT2D eigenvalue weighted by Gasteiger charge is -2.12. The van der Waals surface area contributed by atoms with E-state index in [0.29, 0.717) is 23.9 Å². The van der Waals surface area contributed by atoms with E-state index in [1.54, 1.807) is 0 Å². The third-order valence-corrected chi connectivity index (χ3v) is 11.8. The van der Waals surface area contributed by atoms with Crippen LogP contribution in [-0.2, 0) is 6.54 Å². The van der Waals surface area contributed by atoms with Gasteiger partial charge in [-0.2, -0.15) is 0 Å². The van der Waals surface area contributed by atoms with Gasteiger partial charge in [-0.15, -0.1) is 0 Å². The van der Waals surface area contributed by atoms with Crippen molar-refractivity contribution in [3.63, 3.8) is 0 Å². The standard InChI is InChI=1S/C57H40N6/c1-58-57(61-56(40-19-7-3-8-20-40)60-38-39-17-5-2-6-18-39)50-37-43(33-34-59-50)46-27-16-30-54-55(46)48-26-12-14-29-52(48)63(54)45-24-15-21-41(35-45)42-31-32-53-49(36-42)47-25-11-13-28-51(47)62(53)44-22-9-4-10-23-44/h2-37H,1,38H2/b60-56-,61-57-. The van der Waals surface area contributed by atoms with Crippen LogP contribution in [0.4, 0.5) is 0 Å². The lowest BCUT2D eigenvalue weighted by atomic mass is 9.99. The predicted octanol–water partition coefficient (Wildman–Crippen LogP) is 13.7. The molecule has 3 heterocycles. The van der Waals surface area contributed by atoms with Gasteiger partial charge in [-0.3, -0.25) is 9.98 Å². The summed E-state index contributed by atoms with van der Waals surface area (Å²) in [5, 5.41) is 4.78. The topological polar surface area (TPSA) is 59.8 Å². The van der Waals surface area contributed by atoms with E-state index < -0.39 is 0 Å². The van der Waals surface area contributed by atoms with E-state index in [2.05, 4.69) is 185 Å². The molecule has 0 unspecified atom stereocenters. The van der Waals surface area contributed by atoms with Crippen molar-refractivity contribution in [1.29, 1.82) is 0 Å². The maximum absolute atomic E-state index is 4.99. The van der Waals surface area contributed by atoms with Crippen LogP contribution in [0.25, 0.3) is 77.2 Å². The minimum Gasteiger partial charge on any atom is -0.309 e. The highest BCUT2D eigenvalue weighted by Crippen LogP contribution is 2.40. The minimum absolute atomic E-state index is 0.404. The fourth-order valence-corrected chi connectivity index (χ4v) is 8.89. The Morgan fingerprint density at radius 3 is 1.87 bits per heavy atom. The highest BCUT2D eigenvalue weighted by atomic mass is 15.0. The summed E-state index contributed by atoms with van der Waals surface area (Å²) in [7, 11) is 0. The number of nitrogens with zero attached hydrogens (tertiary/aromatic N) is 6. The Bertz CT molecular complexity index is 3540. The van der Waals surface area contributed by atoms with Crippen LogP contribution >= 0.6 is 0 Å². The number of hydrogen-bond donors (Lipinski definition) is 0. The number of rotatable bonds is 8. The molecule has 0 aliphatic carbocycles. The van der Waals surface area contributed by atoms with Crippen LogP contribution < -0.4 is 0 Å². The highest BCUT2D eigenvalue weighted by Gasteiger charge is 2.19. The molecule has 0 saturated heterocycles. The molecule has 6 heteroatoms. The zero-order valence-corrected chi connectivity index (χ0v) is 34.4. The minimum atomic E-state index is 0.404. The smallest absolute Gasteiger partial charge is 0.179 e. The van der Waals surface area contributed by atoms with Crippen LogP contribution in [0, 0.1) is 0 Å². The molecule has 298 valence electrons. The van der Waals surface area contributed by atoms with Crippen molar-refractivity contribution >= 4 is 62.0 Å². The zero-order chi connectivity index (χ0) is 42.1. The van der Waals surface area contributed by atoms with Crippen molar-refractivity contribution in [3.8, 4) is 33.6 Å². The van der Waals surface area contributed by atoms with Gasteiger partial charge in [-0.25, -0.2) is 9.98 Å². The Hall–Kier alpha value is -8.48. The number of pyridine rings is 1. The summed E-state index contributed by atoms with van der Waals surface area (Å²) in [4.78, 5) is 19.1. The summed E-state index contributed by atoms with van der Waals surface area (Å²) < 4.78 is 4.74. The van der Waals surface area contributed by atoms with Crippen molar-refractivity contribution in [2.45, 2.75) is 6.54 Å². The number of aromatic nitrogens is 3. The molecular weight excluding hydrogens is 769 g/mol. The molecule has 0 fully saturated rings. The van der Waals surface area contributed by atoms with Crippen LogP contribution in [0.3, 0.4) is 0 Å². The van der Waals surface area contributed by atoms with E-state index in [4.69, 9.17) is 15.0 Å². The first-order chi connectivity index (χ1) is 31.2. The first-order valence-corrected chi connectivity index (χ1v) is 21.1.